The molecule has 0 spiro atoms. The molecular formula is C25H29N5O5. The SMILES string of the molecule is CC(C)N1Cc2cn(CCCCOc3ccc4c(c3)C(=O)N(C3CCC(=O)NC3=O)C4=O)nc2C1. The van der Waals surface area contributed by atoms with Gasteiger partial charge in [-0.05, 0) is 51.3 Å². The van der Waals surface area contributed by atoms with Gasteiger partial charge in [0.1, 0.15) is 11.8 Å². The van der Waals surface area contributed by atoms with E-state index in [1.165, 1.54) is 11.3 Å². The number of rotatable bonds is 8. The summed E-state index contributed by atoms with van der Waals surface area (Å²) in [7, 11) is 0. The fourth-order valence-corrected chi connectivity index (χ4v) is 4.82. The molecule has 184 valence electrons. The second-order valence-electron chi connectivity index (χ2n) is 9.57. The standard InChI is InChI=1S/C25H29N5O5/c1-15(2)28-12-16-13-29(27-20(16)14-28)9-3-4-10-35-17-5-6-18-19(11-17)25(34)30(24(18)33)21-7-8-22(31)26-23(21)32/h5-6,11,13,15,21H,3-4,7-10,12,14H2,1-2H3,(H,26,31,32). The summed E-state index contributed by atoms with van der Waals surface area (Å²) in [5.41, 5.74) is 2.94. The van der Waals surface area contributed by atoms with Crippen molar-refractivity contribution >= 4 is 23.6 Å². The molecule has 0 saturated carbocycles. The summed E-state index contributed by atoms with van der Waals surface area (Å²) in [6.45, 7) is 7.54. The summed E-state index contributed by atoms with van der Waals surface area (Å²) >= 11 is 0. The van der Waals surface area contributed by atoms with Crippen molar-refractivity contribution in [3.8, 4) is 5.75 Å². The Hall–Kier alpha value is -3.53. The molecule has 0 bridgehead atoms. The maximum Gasteiger partial charge on any atom is 0.262 e. The number of benzene rings is 1. The molecule has 1 aromatic heterocycles. The third kappa shape index (κ3) is 4.45. The lowest BCUT2D eigenvalue weighted by molar-refractivity contribution is -0.136. The first-order chi connectivity index (χ1) is 16.8. The van der Waals surface area contributed by atoms with Crippen molar-refractivity contribution < 1.29 is 23.9 Å². The average Bonchev–Trinajstić information content (AvgIpc) is 3.45. The number of carbonyl (C=O) groups is 4. The number of piperidine rings is 1. The van der Waals surface area contributed by atoms with Crippen LogP contribution in [0.25, 0.3) is 0 Å². The molecule has 1 unspecified atom stereocenters. The first-order valence-electron chi connectivity index (χ1n) is 12.1. The molecule has 1 N–H and O–H groups in total. The lowest BCUT2D eigenvalue weighted by Gasteiger charge is -2.27. The van der Waals surface area contributed by atoms with Crippen LogP contribution in [0.1, 0.15) is 71.5 Å². The molecule has 4 heterocycles. The molecule has 5 rings (SSSR count). The van der Waals surface area contributed by atoms with E-state index in [1.807, 2.05) is 4.68 Å². The van der Waals surface area contributed by atoms with Gasteiger partial charge in [0.05, 0.1) is 23.4 Å². The van der Waals surface area contributed by atoms with Gasteiger partial charge >= 0.3 is 0 Å². The first-order valence-corrected chi connectivity index (χ1v) is 12.1. The Morgan fingerprint density at radius 2 is 1.89 bits per heavy atom. The zero-order chi connectivity index (χ0) is 24.7. The number of hydrogen-bond donors (Lipinski definition) is 1. The third-order valence-corrected chi connectivity index (χ3v) is 6.84. The van der Waals surface area contributed by atoms with Gasteiger partial charge in [0.25, 0.3) is 11.8 Å². The van der Waals surface area contributed by atoms with Crippen LogP contribution in [0, 0.1) is 0 Å². The van der Waals surface area contributed by atoms with Crippen molar-refractivity contribution in [2.75, 3.05) is 6.61 Å². The molecule has 10 heteroatoms. The normalized spacial score (nSPS) is 20.0. The molecule has 0 radical (unpaired) electrons. The molecule has 1 fully saturated rings. The largest absolute Gasteiger partial charge is 0.494 e. The fraction of sp³-hybridized carbons (Fsp3) is 0.480. The van der Waals surface area contributed by atoms with Crippen molar-refractivity contribution in [1.82, 2.24) is 24.9 Å². The van der Waals surface area contributed by atoms with Crippen LogP contribution in [-0.4, -0.2) is 61.9 Å². The Bertz CT molecular complexity index is 1180. The van der Waals surface area contributed by atoms with E-state index < -0.39 is 29.7 Å². The number of fused-ring (bicyclic) bond motifs is 2. The molecule has 1 saturated heterocycles. The number of aryl methyl sites for hydroxylation is 1. The van der Waals surface area contributed by atoms with E-state index in [2.05, 4.69) is 30.3 Å². The van der Waals surface area contributed by atoms with Gasteiger partial charge < -0.3 is 4.74 Å². The molecule has 3 aliphatic heterocycles. The number of imide groups is 2. The number of carbonyl (C=O) groups excluding carboxylic acids is 4. The van der Waals surface area contributed by atoms with Crippen LogP contribution in [0.5, 0.6) is 5.75 Å². The molecule has 0 aliphatic carbocycles. The predicted molar refractivity (Wildman–Crippen MR) is 124 cm³/mol. The predicted octanol–water partition coefficient (Wildman–Crippen LogP) is 1.87. The summed E-state index contributed by atoms with van der Waals surface area (Å²) in [5, 5.41) is 6.90. The third-order valence-electron chi connectivity index (χ3n) is 6.84. The highest BCUT2D eigenvalue weighted by Gasteiger charge is 2.44. The Morgan fingerprint density at radius 1 is 1.09 bits per heavy atom. The number of nitrogens with one attached hydrogen (secondary N) is 1. The molecule has 10 nitrogen and oxygen atoms in total. The molecule has 2 aromatic rings. The van der Waals surface area contributed by atoms with E-state index >= 15 is 0 Å². The second-order valence-corrected chi connectivity index (χ2v) is 9.57. The van der Waals surface area contributed by atoms with Crippen molar-refractivity contribution in [3.05, 3.63) is 46.8 Å². The van der Waals surface area contributed by atoms with Gasteiger partial charge in [-0.15, -0.1) is 0 Å². The van der Waals surface area contributed by atoms with Crippen molar-refractivity contribution in [2.45, 2.75) is 71.2 Å². The molecule has 1 aromatic carbocycles. The van der Waals surface area contributed by atoms with Crippen molar-refractivity contribution in [1.29, 1.82) is 0 Å². The topological polar surface area (TPSA) is 114 Å². The minimum absolute atomic E-state index is 0.0930. The zero-order valence-corrected chi connectivity index (χ0v) is 20.0. The monoisotopic (exact) mass is 479 g/mol. The van der Waals surface area contributed by atoms with Crippen LogP contribution in [-0.2, 0) is 29.2 Å². The molecule has 1 atom stereocenters. The second kappa shape index (κ2) is 9.26. The minimum atomic E-state index is -0.971. The number of aromatic nitrogens is 2. The molecular weight excluding hydrogens is 450 g/mol. The molecule has 3 aliphatic rings. The Labute approximate surface area is 203 Å². The van der Waals surface area contributed by atoms with Crippen LogP contribution in [0.2, 0.25) is 0 Å². The highest BCUT2D eigenvalue weighted by molar-refractivity contribution is 6.23. The number of unbranched alkanes of at least 4 members (excludes halogenated alkanes) is 1. The summed E-state index contributed by atoms with van der Waals surface area (Å²) < 4.78 is 7.83. The van der Waals surface area contributed by atoms with Gasteiger partial charge in [-0.3, -0.25) is 39.0 Å². The van der Waals surface area contributed by atoms with Gasteiger partial charge in [0, 0.05) is 43.9 Å². The maximum absolute atomic E-state index is 12.9. The van der Waals surface area contributed by atoms with E-state index in [-0.39, 0.29) is 24.0 Å². The highest BCUT2D eigenvalue weighted by atomic mass is 16.5. The van der Waals surface area contributed by atoms with Gasteiger partial charge in [0.15, 0.2) is 0 Å². The number of ether oxygens (including phenoxy) is 1. The lowest BCUT2D eigenvalue weighted by Crippen LogP contribution is -2.54. The van der Waals surface area contributed by atoms with Crippen LogP contribution in [0.3, 0.4) is 0 Å². The summed E-state index contributed by atoms with van der Waals surface area (Å²) in [6, 6.07) is 4.32. The average molecular weight is 480 g/mol. The summed E-state index contributed by atoms with van der Waals surface area (Å²) in [5.74, 6) is -1.57. The quantitative estimate of drug-likeness (QED) is 0.454. The van der Waals surface area contributed by atoms with Crippen molar-refractivity contribution in [2.24, 2.45) is 0 Å². The Kier molecular flexibility index (Phi) is 6.14. The summed E-state index contributed by atoms with van der Waals surface area (Å²) in [6.07, 6.45) is 4.08. The molecule has 4 amide bonds. The number of amides is 4. The smallest absolute Gasteiger partial charge is 0.262 e. The van der Waals surface area contributed by atoms with E-state index in [9.17, 15) is 19.2 Å². The van der Waals surface area contributed by atoms with Crippen molar-refractivity contribution in [3.63, 3.8) is 0 Å². The Morgan fingerprint density at radius 3 is 2.63 bits per heavy atom. The van der Waals surface area contributed by atoms with E-state index in [0.29, 0.717) is 18.4 Å². The zero-order valence-electron chi connectivity index (χ0n) is 20.0. The van der Waals surface area contributed by atoms with E-state index in [4.69, 9.17) is 9.84 Å². The van der Waals surface area contributed by atoms with Gasteiger partial charge in [0.2, 0.25) is 11.8 Å². The maximum atomic E-state index is 12.9. The number of hydrogen-bond acceptors (Lipinski definition) is 7. The van der Waals surface area contributed by atoms with Gasteiger partial charge in [-0.25, -0.2) is 0 Å². The minimum Gasteiger partial charge on any atom is -0.494 e. The van der Waals surface area contributed by atoms with Crippen LogP contribution >= 0.6 is 0 Å². The lowest BCUT2D eigenvalue weighted by atomic mass is 10.0. The van der Waals surface area contributed by atoms with E-state index in [0.717, 1.165) is 37.4 Å². The number of nitrogens with zero attached hydrogens (tertiary/aromatic N) is 4. The Balaban J connectivity index is 1.12. The fourth-order valence-electron chi connectivity index (χ4n) is 4.82. The highest BCUT2D eigenvalue weighted by Crippen LogP contribution is 2.30. The summed E-state index contributed by atoms with van der Waals surface area (Å²) in [4.78, 5) is 52.6. The van der Waals surface area contributed by atoms with Crippen LogP contribution < -0.4 is 10.1 Å². The van der Waals surface area contributed by atoms with Gasteiger partial charge in [-0.2, -0.15) is 5.10 Å². The molecule has 35 heavy (non-hydrogen) atoms. The first kappa shape index (κ1) is 23.2. The van der Waals surface area contributed by atoms with Gasteiger partial charge in [-0.1, -0.05) is 0 Å². The van der Waals surface area contributed by atoms with Crippen LogP contribution in [0.4, 0.5) is 0 Å². The van der Waals surface area contributed by atoms with E-state index in [1.54, 1.807) is 18.2 Å². The van der Waals surface area contributed by atoms with Crippen LogP contribution in [0.15, 0.2) is 24.4 Å².